The van der Waals surface area contributed by atoms with Gasteiger partial charge in [0.15, 0.2) is 0 Å². The summed E-state index contributed by atoms with van der Waals surface area (Å²) in [5.41, 5.74) is 4.98. The van der Waals surface area contributed by atoms with Crippen molar-refractivity contribution in [2.45, 2.75) is 44.5 Å². The van der Waals surface area contributed by atoms with E-state index in [1.807, 2.05) is 48.5 Å². The van der Waals surface area contributed by atoms with Crippen molar-refractivity contribution in [1.82, 2.24) is 35.1 Å². The predicted octanol–water partition coefficient (Wildman–Crippen LogP) is 4.04. The maximum absolute atomic E-state index is 13.3. The number of carboxylic acids is 1. The topological polar surface area (TPSA) is 172 Å². The molecule has 13 nitrogen and oxygen atoms in total. The molecule has 1 aliphatic heterocycles. The lowest BCUT2D eigenvalue weighted by molar-refractivity contribution is -0.139. The number of hydrogen-bond donors (Lipinski definition) is 5. The van der Waals surface area contributed by atoms with Gasteiger partial charge in [-0.05, 0) is 18.6 Å². The van der Waals surface area contributed by atoms with Crippen LogP contribution >= 0.6 is 23.2 Å². The third kappa shape index (κ3) is 7.92. The van der Waals surface area contributed by atoms with E-state index in [2.05, 4.69) is 21.0 Å². The summed E-state index contributed by atoms with van der Waals surface area (Å²) in [5.74, 6) is -0.160. The fourth-order valence-corrected chi connectivity index (χ4v) is 6.80. The summed E-state index contributed by atoms with van der Waals surface area (Å²) in [6, 6.07) is 16.9. The molecule has 0 radical (unpaired) electrons. The van der Waals surface area contributed by atoms with Gasteiger partial charge in [0.25, 0.3) is 5.56 Å². The lowest BCUT2D eigenvalue weighted by Crippen LogP contribution is -2.35. The Morgan fingerprint density at radius 3 is 2.43 bits per heavy atom. The Bertz CT molecular complexity index is 2170. The number of nitrogens with one attached hydrogen (secondary N) is 3. The minimum absolute atomic E-state index is 0.0268. The monoisotopic (exact) mass is 733 g/mol. The van der Waals surface area contributed by atoms with E-state index in [9.17, 15) is 19.5 Å². The highest BCUT2D eigenvalue weighted by Gasteiger charge is 2.21. The molecule has 4 heterocycles. The molecule has 1 saturated heterocycles. The molecule has 0 saturated carbocycles. The number of halogens is 2. The number of benzene rings is 2. The molecule has 15 heteroatoms. The SMILES string of the molecule is COc1nc(-c2cccc(-c3cccc(-c4cc5c(=O)n(C)c(CNCC(O)CC(=O)O)nn5c4)c3Cl)c2Cl)ccc1CNCC1CCC(=O)N1. The zero-order valence-electron chi connectivity index (χ0n) is 28.0. The van der Waals surface area contributed by atoms with E-state index in [4.69, 9.17) is 38.0 Å². The average molecular weight is 735 g/mol. The summed E-state index contributed by atoms with van der Waals surface area (Å²) < 4.78 is 8.52. The molecule has 2 unspecified atom stereocenters. The molecule has 266 valence electrons. The van der Waals surface area contributed by atoms with Gasteiger partial charge < -0.3 is 30.9 Å². The Morgan fingerprint density at radius 1 is 1.04 bits per heavy atom. The molecule has 0 spiro atoms. The Labute approximate surface area is 303 Å². The van der Waals surface area contributed by atoms with Crippen LogP contribution in [0.15, 0.2) is 65.6 Å². The molecular weight excluding hydrogens is 697 g/mol. The summed E-state index contributed by atoms with van der Waals surface area (Å²) in [6.45, 7) is 1.34. The molecule has 1 amide bonds. The summed E-state index contributed by atoms with van der Waals surface area (Å²) in [6.07, 6.45) is 1.62. The molecule has 2 aromatic carbocycles. The molecule has 1 fully saturated rings. The number of aromatic nitrogens is 4. The second kappa shape index (κ2) is 15.6. The van der Waals surface area contributed by atoms with Crippen LogP contribution in [0.25, 0.3) is 39.0 Å². The number of carbonyl (C=O) groups excluding carboxylic acids is 1. The quantitative estimate of drug-likeness (QED) is 0.112. The van der Waals surface area contributed by atoms with Gasteiger partial charge in [0, 0.05) is 78.7 Å². The second-order valence-electron chi connectivity index (χ2n) is 12.4. The van der Waals surface area contributed by atoms with Gasteiger partial charge >= 0.3 is 5.97 Å². The van der Waals surface area contributed by atoms with Crippen molar-refractivity contribution in [2.24, 2.45) is 7.05 Å². The van der Waals surface area contributed by atoms with Gasteiger partial charge in [-0.15, -0.1) is 0 Å². The van der Waals surface area contributed by atoms with Crippen LogP contribution in [-0.4, -0.2) is 73.6 Å². The summed E-state index contributed by atoms with van der Waals surface area (Å²) in [7, 11) is 3.17. The van der Waals surface area contributed by atoms with E-state index in [1.165, 1.54) is 9.08 Å². The second-order valence-corrected chi connectivity index (χ2v) is 13.1. The first-order chi connectivity index (χ1) is 24.5. The van der Waals surface area contributed by atoms with Crippen LogP contribution in [0.4, 0.5) is 0 Å². The molecule has 1 aliphatic rings. The lowest BCUT2D eigenvalue weighted by Gasteiger charge is -2.15. The fraction of sp³-hybridized carbons (Fsp3) is 0.306. The maximum atomic E-state index is 13.3. The van der Waals surface area contributed by atoms with E-state index < -0.39 is 18.5 Å². The van der Waals surface area contributed by atoms with Crippen LogP contribution in [0.5, 0.6) is 5.88 Å². The molecule has 0 bridgehead atoms. The van der Waals surface area contributed by atoms with Crippen LogP contribution in [0.2, 0.25) is 10.0 Å². The van der Waals surface area contributed by atoms with Gasteiger partial charge in [-0.2, -0.15) is 5.10 Å². The predicted molar refractivity (Wildman–Crippen MR) is 194 cm³/mol. The van der Waals surface area contributed by atoms with Crippen molar-refractivity contribution in [3.05, 3.63) is 92.6 Å². The largest absolute Gasteiger partial charge is 0.481 e. The molecule has 0 aliphatic carbocycles. The highest BCUT2D eigenvalue weighted by molar-refractivity contribution is 6.39. The van der Waals surface area contributed by atoms with Crippen LogP contribution < -0.4 is 26.2 Å². The number of aliphatic carboxylic acids is 1. The number of rotatable bonds is 14. The number of amides is 1. The molecular formula is C36H37Cl2N7O6. The number of hydrogen-bond acceptors (Lipinski definition) is 9. The first-order valence-electron chi connectivity index (χ1n) is 16.3. The van der Waals surface area contributed by atoms with E-state index in [0.717, 1.165) is 12.0 Å². The van der Waals surface area contributed by atoms with Gasteiger partial charge in [-0.3, -0.25) is 19.0 Å². The summed E-state index contributed by atoms with van der Waals surface area (Å²) in [5, 5.41) is 33.5. The number of nitrogens with zero attached hydrogens (tertiary/aromatic N) is 4. The van der Waals surface area contributed by atoms with Gasteiger partial charge in [0.05, 0.1) is 41.9 Å². The van der Waals surface area contributed by atoms with Crippen LogP contribution in [0.1, 0.15) is 30.7 Å². The number of methoxy groups -OCH3 is 1. The Kier molecular flexibility index (Phi) is 11.0. The number of pyridine rings is 1. The molecule has 6 rings (SSSR count). The van der Waals surface area contributed by atoms with E-state index in [0.29, 0.717) is 80.3 Å². The third-order valence-corrected chi connectivity index (χ3v) is 9.62. The lowest BCUT2D eigenvalue weighted by atomic mass is 9.97. The van der Waals surface area contributed by atoms with E-state index >= 15 is 0 Å². The molecule has 2 atom stereocenters. The number of aliphatic hydroxyl groups excluding tert-OH is 1. The number of fused-ring (bicyclic) bond motifs is 1. The van der Waals surface area contributed by atoms with Crippen molar-refractivity contribution in [1.29, 1.82) is 0 Å². The minimum atomic E-state index is -1.10. The minimum Gasteiger partial charge on any atom is -0.481 e. The van der Waals surface area contributed by atoms with Crippen LogP contribution in [0.3, 0.4) is 0 Å². The zero-order valence-corrected chi connectivity index (χ0v) is 29.5. The number of carbonyl (C=O) groups is 2. The standard InChI is InChI=1S/C36H37Cl2N7O6/c1-44-30(18-40-17-23(46)14-32(48)49)43-45-19-21(13-29(45)36(44)50)24-5-3-6-25(33(24)37)26-7-4-8-27(34(26)38)28-11-9-20(35(42-28)51-2)15-39-16-22-10-12-31(47)41-22/h3-9,11,13,19,22-23,39-40,46H,10,12,14-18H2,1-2H3,(H,41,47)(H,48,49). The Hall–Kier alpha value is -4.79. The van der Waals surface area contributed by atoms with E-state index in [1.54, 1.807) is 26.4 Å². The smallest absolute Gasteiger partial charge is 0.306 e. The normalized spacial score (nSPS) is 14.9. The van der Waals surface area contributed by atoms with Crippen molar-refractivity contribution in [2.75, 3.05) is 20.2 Å². The zero-order chi connectivity index (χ0) is 36.2. The maximum Gasteiger partial charge on any atom is 0.306 e. The van der Waals surface area contributed by atoms with Gasteiger partial charge in [-0.25, -0.2) is 9.50 Å². The van der Waals surface area contributed by atoms with E-state index in [-0.39, 0.29) is 30.6 Å². The van der Waals surface area contributed by atoms with Crippen molar-refractivity contribution < 1.29 is 24.5 Å². The van der Waals surface area contributed by atoms with Crippen LogP contribution in [-0.2, 0) is 29.7 Å². The van der Waals surface area contributed by atoms with Crippen molar-refractivity contribution >= 4 is 40.6 Å². The fourth-order valence-electron chi connectivity index (χ4n) is 6.14. The van der Waals surface area contributed by atoms with Gasteiger partial charge in [0.1, 0.15) is 11.3 Å². The first kappa shape index (κ1) is 36.0. The highest BCUT2D eigenvalue weighted by Crippen LogP contribution is 2.42. The van der Waals surface area contributed by atoms with Crippen molar-refractivity contribution in [3.8, 4) is 39.4 Å². The first-order valence-corrected chi connectivity index (χ1v) is 17.1. The summed E-state index contributed by atoms with van der Waals surface area (Å²) >= 11 is 14.1. The van der Waals surface area contributed by atoms with Gasteiger partial charge in [-0.1, -0.05) is 65.7 Å². The van der Waals surface area contributed by atoms with Crippen molar-refractivity contribution in [3.63, 3.8) is 0 Å². The number of carboxylic acid groups (broad SMARTS) is 1. The third-order valence-electron chi connectivity index (χ3n) is 8.81. The molecule has 51 heavy (non-hydrogen) atoms. The van der Waals surface area contributed by atoms with Gasteiger partial charge in [0.2, 0.25) is 11.8 Å². The summed E-state index contributed by atoms with van der Waals surface area (Å²) in [4.78, 5) is 40.4. The average Bonchev–Trinajstić information content (AvgIpc) is 3.73. The molecule has 3 aromatic heterocycles. The number of ether oxygens (including phenoxy) is 1. The highest BCUT2D eigenvalue weighted by atomic mass is 35.5. The van der Waals surface area contributed by atoms with Crippen LogP contribution in [0, 0.1) is 0 Å². The Morgan fingerprint density at radius 2 is 1.75 bits per heavy atom. The Balaban J connectivity index is 1.25. The number of aliphatic hydroxyl groups is 1. The molecule has 5 aromatic rings. The molecule has 5 N–H and O–H groups in total.